The number of fused-ring (bicyclic) bond motifs is 1. The predicted octanol–water partition coefficient (Wildman–Crippen LogP) is 4.66. The molecule has 0 saturated carbocycles. The van der Waals surface area contributed by atoms with Crippen molar-refractivity contribution in [1.82, 2.24) is 10.3 Å². The van der Waals surface area contributed by atoms with Crippen LogP contribution in [0.5, 0.6) is 0 Å². The topological polar surface area (TPSA) is 94.1 Å². The van der Waals surface area contributed by atoms with Crippen LogP contribution in [0.2, 0.25) is 5.02 Å². The van der Waals surface area contributed by atoms with Gasteiger partial charge in [-0.1, -0.05) is 25.4 Å². The Hall–Kier alpha value is -1.51. The van der Waals surface area contributed by atoms with Crippen LogP contribution >= 0.6 is 43.4 Å². The van der Waals surface area contributed by atoms with Crippen molar-refractivity contribution in [3.05, 3.63) is 43.0 Å². The number of hydrogen-bond donors (Lipinski definition) is 1. The van der Waals surface area contributed by atoms with Gasteiger partial charge in [0.05, 0.1) is 9.95 Å². The fourth-order valence-corrected chi connectivity index (χ4v) is 3.26. The van der Waals surface area contributed by atoms with E-state index >= 15 is 0 Å². The molecule has 3 rings (SSSR count). The van der Waals surface area contributed by atoms with Crippen LogP contribution in [0, 0.1) is 13.7 Å². The minimum absolute atomic E-state index is 0.0944. The van der Waals surface area contributed by atoms with E-state index in [-0.39, 0.29) is 16.9 Å². The van der Waals surface area contributed by atoms with E-state index in [1.165, 1.54) is 0 Å². The second kappa shape index (κ2) is 8.04. The summed E-state index contributed by atoms with van der Waals surface area (Å²) in [4.78, 5) is 10.8. The molecule has 24 heavy (non-hydrogen) atoms. The summed E-state index contributed by atoms with van der Waals surface area (Å²) in [6.45, 7) is 4.00. The van der Waals surface area contributed by atoms with Gasteiger partial charge in [0, 0.05) is 9.26 Å². The number of nitro benzene ring substituents is 1. The number of nitrogens with one attached hydrogen (secondary N) is 1. The maximum atomic E-state index is 11.4. The molecule has 0 aliphatic rings. The van der Waals surface area contributed by atoms with Crippen molar-refractivity contribution in [2.75, 3.05) is 5.32 Å². The van der Waals surface area contributed by atoms with Crippen LogP contribution in [0.4, 0.5) is 17.1 Å². The van der Waals surface area contributed by atoms with Gasteiger partial charge in [-0.15, -0.1) is 9.24 Å². The third kappa shape index (κ3) is 3.76. The van der Waals surface area contributed by atoms with E-state index in [1.54, 1.807) is 18.2 Å². The largest absolute Gasteiger partial charge is 0.349 e. The zero-order valence-corrected chi connectivity index (χ0v) is 16.8. The monoisotopic (exact) mass is 478 g/mol. The van der Waals surface area contributed by atoms with Gasteiger partial charge in [0.15, 0.2) is 0 Å². The Morgan fingerprint density at radius 3 is 2.67 bits per heavy atom. The third-order valence-corrected chi connectivity index (χ3v) is 4.95. The number of benzene rings is 2. The summed E-state index contributed by atoms with van der Waals surface area (Å²) in [5, 5.41) is 23.0. The van der Waals surface area contributed by atoms with E-state index in [2.05, 4.69) is 52.1 Å². The molecule has 7 nitrogen and oxygen atoms in total. The van der Waals surface area contributed by atoms with Crippen molar-refractivity contribution in [2.45, 2.75) is 13.8 Å². The molecule has 1 aromatic heterocycles. The highest BCUT2D eigenvalue weighted by Crippen LogP contribution is 2.34. The van der Waals surface area contributed by atoms with E-state index < -0.39 is 4.92 Å². The van der Waals surface area contributed by atoms with Crippen LogP contribution < -0.4 is 10.6 Å². The molecule has 0 aliphatic carbocycles. The fourth-order valence-electron chi connectivity index (χ4n) is 1.94. The Kier molecular flexibility index (Phi) is 6.31. The van der Waals surface area contributed by atoms with E-state index in [0.717, 1.165) is 8.87 Å². The second-order valence-corrected chi connectivity index (χ2v) is 6.52. The first-order valence-electron chi connectivity index (χ1n) is 6.88. The highest BCUT2D eigenvalue weighted by Gasteiger charge is 2.23. The van der Waals surface area contributed by atoms with Crippen molar-refractivity contribution in [3.8, 4) is 0 Å². The second-order valence-electron chi connectivity index (χ2n) is 4.33. The Morgan fingerprint density at radius 2 is 2.00 bits per heavy atom. The van der Waals surface area contributed by atoms with Gasteiger partial charge in [-0.25, -0.2) is 4.63 Å². The zero-order chi connectivity index (χ0) is 17.9. The predicted molar refractivity (Wildman–Crippen MR) is 107 cm³/mol. The first-order valence-corrected chi connectivity index (χ1v) is 8.92. The molecule has 0 radical (unpaired) electrons. The lowest BCUT2D eigenvalue weighted by atomic mass is 10.2. The Bertz CT molecular complexity index is 903. The molecule has 1 atom stereocenters. The van der Waals surface area contributed by atoms with Crippen molar-refractivity contribution in [3.63, 3.8) is 0 Å². The van der Waals surface area contributed by atoms with Gasteiger partial charge in [-0.2, -0.15) is 0 Å². The quantitative estimate of drug-likeness (QED) is 0.255. The van der Waals surface area contributed by atoms with Crippen molar-refractivity contribution in [2.24, 2.45) is 0 Å². The maximum absolute atomic E-state index is 11.4. The van der Waals surface area contributed by atoms with Crippen molar-refractivity contribution >= 4 is 76.8 Å². The average molecular weight is 479 g/mol. The summed E-state index contributed by atoms with van der Waals surface area (Å²) in [5.74, 6) is 0. The van der Waals surface area contributed by atoms with Crippen LogP contribution in [0.15, 0.2) is 28.9 Å². The molecule has 0 spiro atoms. The van der Waals surface area contributed by atoms with Crippen molar-refractivity contribution < 1.29 is 9.55 Å². The van der Waals surface area contributed by atoms with E-state index in [9.17, 15) is 10.1 Å². The Labute approximate surface area is 158 Å². The molecule has 1 unspecified atom stereocenters. The maximum Gasteiger partial charge on any atom is 0.323 e. The highest BCUT2D eigenvalue weighted by atomic mass is 127. The van der Waals surface area contributed by atoms with E-state index in [1.807, 2.05) is 19.9 Å². The minimum Gasteiger partial charge on any atom is -0.349 e. The van der Waals surface area contributed by atoms with E-state index in [0.29, 0.717) is 16.2 Å². The Balaban J connectivity index is 0.00000100. The van der Waals surface area contributed by atoms with Gasteiger partial charge in [0.2, 0.25) is 5.52 Å². The summed E-state index contributed by atoms with van der Waals surface area (Å²) in [7, 11) is 2.56. The molecule has 0 amide bonds. The molecule has 126 valence electrons. The number of nitrogens with zero attached hydrogens (tertiary/aromatic N) is 3. The summed E-state index contributed by atoms with van der Waals surface area (Å²) >= 11 is 8.22. The molecule has 3 aromatic rings. The summed E-state index contributed by atoms with van der Waals surface area (Å²) in [6.07, 6.45) is 0. The van der Waals surface area contributed by atoms with Gasteiger partial charge >= 0.3 is 5.69 Å². The lowest BCUT2D eigenvalue weighted by molar-refractivity contribution is -0.382. The van der Waals surface area contributed by atoms with Gasteiger partial charge in [-0.05, 0) is 62.5 Å². The SMILES string of the molecule is CC.O=[N+]([O-])c1c(Nc2cc(Cl)c(I)cc2P)ccc2nonc12. The first kappa shape index (κ1) is 18.8. The normalized spacial score (nSPS) is 10.2. The molecular formula is C14H13ClIN4O3P. The lowest BCUT2D eigenvalue weighted by Gasteiger charge is -2.11. The molecule has 0 bridgehead atoms. The lowest BCUT2D eigenvalue weighted by Crippen LogP contribution is -2.05. The van der Waals surface area contributed by atoms with Crippen LogP contribution in [0.1, 0.15) is 13.8 Å². The number of hydrogen-bond acceptors (Lipinski definition) is 6. The molecule has 10 heteroatoms. The molecule has 0 fully saturated rings. The molecule has 2 aromatic carbocycles. The van der Waals surface area contributed by atoms with Crippen LogP contribution in [-0.4, -0.2) is 15.2 Å². The third-order valence-electron chi connectivity index (χ3n) is 2.95. The van der Waals surface area contributed by atoms with Crippen LogP contribution in [0.3, 0.4) is 0 Å². The fraction of sp³-hybridized carbons (Fsp3) is 0.143. The Morgan fingerprint density at radius 1 is 1.29 bits per heavy atom. The molecule has 0 saturated heterocycles. The zero-order valence-electron chi connectivity index (χ0n) is 12.7. The molecule has 0 aliphatic heterocycles. The summed E-state index contributed by atoms with van der Waals surface area (Å²) < 4.78 is 5.45. The number of aromatic nitrogens is 2. The number of rotatable bonds is 3. The molecule has 1 heterocycles. The highest BCUT2D eigenvalue weighted by molar-refractivity contribution is 14.1. The van der Waals surface area contributed by atoms with Gasteiger partial charge < -0.3 is 5.32 Å². The summed E-state index contributed by atoms with van der Waals surface area (Å²) in [5.41, 5.74) is 1.15. The first-order chi connectivity index (χ1) is 11.5. The minimum atomic E-state index is -0.522. The van der Waals surface area contributed by atoms with Gasteiger partial charge in [-0.3, -0.25) is 10.1 Å². The average Bonchev–Trinajstić information content (AvgIpc) is 3.02. The molecule has 1 N–H and O–H groups in total. The van der Waals surface area contributed by atoms with E-state index in [4.69, 9.17) is 11.6 Å². The van der Waals surface area contributed by atoms with Crippen molar-refractivity contribution in [1.29, 1.82) is 0 Å². The number of halogens is 2. The smallest absolute Gasteiger partial charge is 0.323 e. The van der Waals surface area contributed by atoms with Gasteiger partial charge in [0.1, 0.15) is 11.2 Å². The number of anilines is 2. The number of nitro groups is 1. The molecular weight excluding hydrogens is 466 g/mol. The van der Waals surface area contributed by atoms with Gasteiger partial charge in [0.25, 0.3) is 0 Å². The standard InChI is InChI=1S/C12H7ClIN4O3P.C2H6/c13-5-3-9(10(22)4-6(5)14)15-8-2-1-7-11(17-21-16-7)12(8)18(19)20;1-2/h1-4,15H,22H2;1-2H3. The van der Waals surface area contributed by atoms with Crippen LogP contribution in [0.25, 0.3) is 11.0 Å². The van der Waals surface area contributed by atoms with Crippen LogP contribution in [-0.2, 0) is 0 Å². The summed E-state index contributed by atoms with van der Waals surface area (Å²) in [6, 6.07) is 6.72.